The van der Waals surface area contributed by atoms with Crippen molar-refractivity contribution in [2.24, 2.45) is 0 Å². The summed E-state index contributed by atoms with van der Waals surface area (Å²) in [6.45, 7) is 3.41. The van der Waals surface area contributed by atoms with Crippen LogP contribution in [0.25, 0.3) is 11.0 Å². The maximum atomic E-state index is 11.1. The fourth-order valence-corrected chi connectivity index (χ4v) is 1.88. The number of aryl methyl sites for hydroxylation is 1. The van der Waals surface area contributed by atoms with Gasteiger partial charge in [-0.3, -0.25) is 4.79 Å². The maximum Gasteiger partial charge on any atom is 0.221 e. The summed E-state index contributed by atoms with van der Waals surface area (Å²) in [6.07, 6.45) is 1.56. The number of hydrogen-bond donors (Lipinski definition) is 1. The highest BCUT2D eigenvalue weighted by molar-refractivity contribution is 7.71. The molecule has 0 fully saturated rings. The van der Waals surface area contributed by atoms with Crippen LogP contribution in [0.15, 0.2) is 28.9 Å². The molecule has 1 amide bonds. The summed E-state index contributed by atoms with van der Waals surface area (Å²) in [5, 5.41) is 3.54. The van der Waals surface area contributed by atoms with Crippen LogP contribution in [-0.4, -0.2) is 5.91 Å². The number of benzene rings is 1. The van der Waals surface area contributed by atoms with Crippen LogP contribution in [-0.2, 0) is 4.79 Å². The van der Waals surface area contributed by atoms with E-state index in [1.807, 2.05) is 19.1 Å². The molecule has 0 unspecified atom stereocenters. The van der Waals surface area contributed by atoms with E-state index in [-0.39, 0.29) is 5.91 Å². The van der Waals surface area contributed by atoms with Gasteiger partial charge in [-0.15, -0.1) is 0 Å². The quantitative estimate of drug-likeness (QED) is 0.767. The van der Waals surface area contributed by atoms with E-state index in [1.165, 1.54) is 6.92 Å². The summed E-state index contributed by atoms with van der Waals surface area (Å²) in [6, 6.07) is 5.44. The lowest BCUT2D eigenvalue weighted by atomic mass is 10.1. The van der Waals surface area contributed by atoms with Gasteiger partial charge in [0.15, 0.2) is 0 Å². The second-order valence-electron chi connectivity index (χ2n) is 3.60. The SMILES string of the molecule is CC(=O)Nc1ccc(C)c2occc(=S)c12. The zero-order valence-corrected chi connectivity index (χ0v) is 9.85. The Hall–Kier alpha value is -1.68. The number of rotatable bonds is 1. The zero-order valence-electron chi connectivity index (χ0n) is 9.03. The average Bonchev–Trinajstić information content (AvgIpc) is 2.22. The van der Waals surface area contributed by atoms with Crippen molar-refractivity contribution in [1.82, 2.24) is 0 Å². The van der Waals surface area contributed by atoms with Crippen molar-refractivity contribution >= 4 is 34.8 Å². The van der Waals surface area contributed by atoms with Gasteiger partial charge in [0.2, 0.25) is 5.91 Å². The third-order valence-electron chi connectivity index (χ3n) is 2.32. The van der Waals surface area contributed by atoms with Crippen molar-refractivity contribution in [3.63, 3.8) is 0 Å². The minimum atomic E-state index is -0.122. The highest BCUT2D eigenvalue weighted by Gasteiger charge is 2.07. The van der Waals surface area contributed by atoms with E-state index in [0.717, 1.165) is 16.5 Å². The summed E-state index contributed by atoms with van der Waals surface area (Å²) in [5.41, 5.74) is 2.41. The monoisotopic (exact) mass is 233 g/mol. The van der Waals surface area contributed by atoms with Crippen molar-refractivity contribution < 1.29 is 9.21 Å². The summed E-state index contributed by atoms with van der Waals surface area (Å²) in [5.74, 6) is -0.122. The van der Waals surface area contributed by atoms with Gasteiger partial charge < -0.3 is 9.73 Å². The van der Waals surface area contributed by atoms with Crippen LogP contribution in [0.1, 0.15) is 12.5 Å². The molecule has 0 saturated carbocycles. The lowest BCUT2D eigenvalue weighted by Crippen LogP contribution is -2.06. The predicted molar refractivity (Wildman–Crippen MR) is 66.1 cm³/mol. The number of carbonyl (C=O) groups excluding carboxylic acids is 1. The Bertz CT molecular complexity index is 616. The third-order valence-corrected chi connectivity index (χ3v) is 2.66. The average molecular weight is 233 g/mol. The Morgan fingerprint density at radius 2 is 2.12 bits per heavy atom. The van der Waals surface area contributed by atoms with Crippen LogP contribution in [0.3, 0.4) is 0 Å². The molecule has 0 aliphatic carbocycles. The maximum absolute atomic E-state index is 11.1. The van der Waals surface area contributed by atoms with E-state index < -0.39 is 0 Å². The molecule has 1 N–H and O–H groups in total. The topological polar surface area (TPSA) is 42.2 Å². The second kappa shape index (κ2) is 4.06. The standard InChI is InChI=1S/C12H11NO2S/c1-7-3-4-9(13-8(2)14)11-10(16)5-6-15-12(7)11/h3-6H,1-2H3,(H,13,14). The second-order valence-corrected chi connectivity index (χ2v) is 4.04. The van der Waals surface area contributed by atoms with Gasteiger partial charge in [0.05, 0.1) is 21.8 Å². The highest BCUT2D eigenvalue weighted by atomic mass is 32.1. The van der Waals surface area contributed by atoms with E-state index >= 15 is 0 Å². The van der Waals surface area contributed by atoms with Crippen LogP contribution >= 0.6 is 12.2 Å². The molecule has 4 heteroatoms. The first kappa shape index (κ1) is 10.8. The van der Waals surface area contributed by atoms with E-state index in [1.54, 1.807) is 12.3 Å². The summed E-state index contributed by atoms with van der Waals surface area (Å²) in [4.78, 5) is 11.1. The van der Waals surface area contributed by atoms with Crippen LogP contribution < -0.4 is 5.32 Å². The molecule has 0 spiro atoms. The molecule has 3 nitrogen and oxygen atoms in total. The Morgan fingerprint density at radius 3 is 2.81 bits per heavy atom. The smallest absolute Gasteiger partial charge is 0.221 e. The molecule has 1 aromatic heterocycles. The highest BCUT2D eigenvalue weighted by Crippen LogP contribution is 2.27. The molecule has 0 bridgehead atoms. The number of carbonyl (C=O) groups is 1. The van der Waals surface area contributed by atoms with Gasteiger partial charge in [-0.2, -0.15) is 0 Å². The first-order chi connectivity index (χ1) is 7.59. The lowest BCUT2D eigenvalue weighted by molar-refractivity contribution is -0.114. The van der Waals surface area contributed by atoms with Crippen LogP contribution in [0.4, 0.5) is 5.69 Å². The molecule has 0 aliphatic rings. The molecule has 0 saturated heterocycles. The van der Waals surface area contributed by atoms with Crippen molar-refractivity contribution in [1.29, 1.82) is 0 Å². The van der Waals surface area contributed by atoms with Gasteiger partial charge in [-0.1, -0.05) is 18.3 Å². The number of amides is 1. The Kier molecular flexibility index (Phi) is 2.75. The van der Waals surface area contributed by atoms with Gasteiger partial charge in [0.1, 0.15) is 5.58 Å². The third kappa shape index (κ3) is 1.84. The molecule has 0 aliphatic heterocycles. The van der Waals surface area contributed by atoms with E-state index in [4.69, 9.17) is 16.6 Å². The van der Waals surface area contributed by atoms with E-state index in [9.17, 15) is 4.79 Å². The number of anilines is 1. The summed E-state index contributed by atoms with van der Waals surface area (Å²) < 4.78 is 6.10. The Labute approximate surface area is 98.1 Å². The lowest BCUT2D eigenvalue weighted by Gasteiger charge is -2.08. The minimum Gasteiger partial charge on any atom is -0.464 e. The molecule has 2 aromatic rings. The fraction of sp³-hybridized carbons (Fsp3) is 0.167. The minimum absolute atomic E-state index is 0.122. The van der Waals surface area contributed by atoms with Crippen molar-refractivity contribution in [3.05, 3.63) is 34.5 Å². The van der Waals surface area contributed by atoms with Gasteiger partial charge in [-0.05, 0) is 24.6 Å². The van der Waals surface area contributed by atoms with Gasteiger partial charge in [0.25, 0.3) is 0 Å². The predicted octanol–water partition coefficient (Wildman–Crippen LogP) is 3.43. The van der Waals surface area contributed by atoms with Crippen LogP contribution in [0, 0.1) is 11.4 Å². The molecular weight excluding hydrogens is 222 g/mol. The molecule has 82 valence electrons. The van der Waals surface area contributed by atoms with Gasteiger partial charge in [0, 0.05) is 6.92 Å². The molecule has 0 radical (unpaired) electrons. The van der Waals surface area contributed by atoms with Crippen LogP contribution in [0.5, 0.6) is 0 Å². The van der Waals surface area contributed by atoms with E-state index in [0.29, 0.717) is 10.2 Å². The Balaban J connectivity index is 2.81. The number of fused-ring (bicyclic) bond motifs is 1. The van der Waals surface area contributed by atoms with Crippen molar-refractivity contribution in [3.8, 4) is 0 Å². The zero-order chi connectivity index (χ0) is 11.7. The van der Waals surface area contributed by atoms with Crippen molar-refractivity contribution in [2.45, 2.75) is 13.8 Å². The van der Waals surface area contributed by atoms with Gasteiger partial charge >= 0.3 is 0 Å². The first-order valence-electron chi connectivity index (χ1n) is 4.88. The molecule has 1 heterocycles. The van der Waals surface area contributed by atoms with Gasteiger partial charge in [-0.25, -0.2) is 0 Å². The van der Waals surface area contributed by atoms with Crippen LogP contribution in [0.2, 0.25) is 0 Å². The molecule has 1 aromatic carbocycles. The molecule has 0 atom stereocenters. The normalized spacial score (nSPS) is 10.4. The summed E-state index contributed by atoms with van der Waals surface area (Å²) >= 11 is 5.24. The largest absolute Gasteiger partial charge is 0.464 e. The Morgan fingerprint density at radius 1 is 1.38 bits per heavy atom. The summed E-state index contributed by atoms with van der Waals surface area (Å²) in [7, 11) is 0. The van der Waals surface area contributed by atoms with E-state index in [2.05, 4.69) is 5.32 Å². The number of nitrogens with one attached hydrogen (secondary N) is 1. The molecule has 16 heavy (non-hydrogen) atoms. The molecular formula is C12H11NO2S. The first-order valence-corrected chi connectivity index (χ1v) is 5.29. The fourth-order valence-electron chi connectivity index (χ4n) is 1.62. The molecule has 2 rings (SSSR count). The van der Waals surface area contributed by atoms with Crippen molar-refractivity contribution in [2.75, 3.05) is 5.32 Å². The number of hydrogen-bond acceptors (Lipinski definition) is 3.